The van der Waals surface area contributed by atoms with Gasteiger partial charge in [-0.15, -0.1) is 0 Å². The molecule has 1 heterocycles. The quantitative estimate of drug-likeness (QED) is 0.293. The molecule has 0 radical (unpaired) electrons. The van der Waals surface area contributed by atoms with Crippen LogP contribution in [-0.2, 0) is 4.12 Å². The molecule has 4 aromatic rings. The molecule has 0 bridgehead atoms. The van der Waals surface area contributed by atoms with Crippen molar-refractivity contribution in [2.45, 2.75) is 26.2 Å². The first-order valence-electron chi connectivity index (χ1n) is 9.95. The first-order valence-corrected chi connectivity index (χ1v) is 15.6. The Bertz CT molecular complexity index is 1150. The minimum atomic E-state index is -2.45. The molecule has 146 valence electrons. The third kappa shape index (κ3) is 3.25. The van der Waals surface area contributed by atoms with E-state index in [1.165, 1.54) is 10.8 Å². The molecule has 0 N–H and O–H groups in total. The van der Waals surface area contributed by atoms with Crippen LogP contribution in [0.4, 0.5) is 0 Å². The number of fused-ring (bicyclic) bond motifs is 7. The van der Waals surface area contributed by atoms with Crippen molar-refractivity contribution in [2.75, 3.05) is 0 Å². The van der Waals surface area contributed by atoms with Crippen molar-refractivity contribution in [3.05, 3.63) is 72.8 Å². The van der Waals surface area contributed by atoms with Crippen LogP contribution in [0.1, 0.15) is 0 Å². The fraction of sp³-hybridized carbons (Fsp3) is 0.167. The summed E-state index contributed by atoms with van der Waals surface area (Å²) in [6.07, 6.45) is 0. The van der Waals surface area contributed by atoms with Gasteiger partial charge in [-0.2, -0.15) is 0 Å². The normalized spacial score (nSPS) is 17.2. The van der Waals surface area contributed by atoms with Crippen LogP contribution in [0.25, 0.3) is 32.7 Å². The van der Waals surface area contributed by atoms with Crippen molar-refractivity contribution >= 4 is 38.7 Å². The highest BCUT2D eigenvalue weighted by Crippen LogP contribution is 2.47. The van der Waals surface area contributed by atoms with E-state index in [4.69, 9.17) is 13.0 Å². The van der Waals surface area contributed by atoms with E-state index in [0.717, 1.165) is 33.4 Å². The molecular formula is C24H24O3Si2. The van der Waals surface area contributed by atoms with Crippen molar-refractivity contribution in [1.82, 2.24) is 0 Å². The van der Waals surface area contributed by atoms with Gasteiger partial charge in [-0.05, 0) is 59.9 Å². The molecule has 5 rings (SSSR count). The van der Waals surface area contributed by atoms with E-state index in [1.807, 2.05) is 0 Å². The molecular weight excluding hydrogens is 392 g/mol. The van der Waals surface area contributed by atoms with Crippen LogP contribution in [0.15, 0.2) is 72.8 Å². The summed E-state index contributed by atoms with van der Waals surface area (Å²) in [4.78, 5) is 0. The lowest BCUT2D eigenvalue weighted by Crippen LogP contribution is -2.51. The standard InChI is InChI=1S/C24H24O3Si2/c1-28(2)25-21-15-13-17-9-5-7-11-19(17)23(21)24-20-12-8-6-10-18(20)14-16-22(24)26-29(3,4)27-28/h5-16H,1-4H3. The highest BCUT2D eigenvalue weighted by atomic mass is 28.5. The van der Waals surface area contributed by atoms with Gasteiger partial charge in [0.15, 0.2) is 0 Å². The SMILES string of the molecule is C[Si]1(C)Oc2ccc3ccccc3c2-c2c(ccc3ccccc23)O[Si](C)(C)O1. The lowest BCUT2D eigenvalue weighted by atomic mass is 9.92. The van der Waals surface area contributed by atoms with Gasteiger partial charge in [0, 0.05) is 11.1 Å². The van der Waals surface area contributed by atoms with Crippen molar-refractivity contribution in [3.8, 4) is 22.6 Å². The van der Waals surface area contributed by atoms with Crippen LogP contribution < -0.4 is 8.85 Å². The summed E-state index contributed by atoms with van der Waals surface area (Å²) < 4.78 is 19.8. The third-order valence-corrected chi connectivity index (χ3v) is 10.6. The summed E-state index contributed by atoms with van der Waals surface area (Å²) in [5.41, 5.74) is 2.18. The Morgan fingerprint density at radius 2 is 0.931 bits per heavy atom. The monoisotopic (exact) mass is 416 g/mol. The van der Waals surface area contributed by atoms with Gasteiger partial charge in [0.2, 0.25) is 0 Å². The largest absolute Gasteiger partial charge is 0.520 e. The predicted octanol–water partition coefficient (Wildman–Crippen LogP) is 6.85. The molecule has 5 heteroatoms. The lowest BCUT2D eigenvalue weighted by molar-refractivity contribution is 0.338. The van der Waals surface area contributed by atoms with Crippen molar-refractivity contribution in [2.24, 2.45) is 0 Å². The number of hydrogen-bond donors (Lipinski definition) is 0. The minimum absolute atomic E-state index is 0.869. The second kappa shape index (κ2) is 6.45. The molecule has 0 saturated heterocycles. The molecule has 0 saturated carbocycles. The Morgan fingerprint density at radius 3 is 1.38 bits per heavy atom. The third-order valence-electron chi connectivity index (χ3n) is 5.23. The van der Waals surface area contributed by atoms with Crippen LogP contribution in [0.3, 0.4) is 0 Å². The predicted molar refractivity (Wildman–Crippen MR) is 124 cm³/mol. The molecule has 0 spiro atoms. The Kier molecular flexibility index (Phi) is 4.10. The minimum Gasteiger partial charge on any atom is -0.520 e. The van der Waals surface area contributed by atoms with Crippen LogP contribution in [0.2, 0.25) is 26.2 Å². The molecule has 0 aromatic heterocycles. The van der Waals surface area contributed by atoms with E-state index in [-0.39, 0.29) is 0 Å². The maximum absolute atomic E-state index is 6.63. The number of hydrogen-bond acceptors (Lipinski definition) is 3. The molecule has 29 heavy (non-hydrogen) atoms. The van der Waals surface area contributed by atoms with Crippen LogP contribution in [-0.4, -0.2) is 17.1 Å². The van der Waals surface area contributed by atoms with E-state index in [1.54, 1.807) is 0 Å². The molecule has 0 atom stereocenters. The Balaban J connectivity index is 1.96. The van der Waals surface area contributed by atoms with E-state index >= 15 is 0 Å². The molecule has 0 unspecified atom stereocenters. The van der Waals surface area contributed by atoms with Gasteiger partial charge < -0.3 is 13.0 Å². The summed E-state index contributed by atoms with van der Waals surface area (Å²) in [7, 11) is -4.90. The van der Waals surface area contributed by atoms with E-state index in [2.05, 4.69) is 99.0 Å². The average molecular weight is 417 g/mol. The zero-order valence-corrected chi connectivity index (χ0v) is 19.2. The van der Waals surface area contributed by atoms with Crippen molar-refractivity contribution in [3.63, 3.8) is 0 Å². The van der Waals surface area contributed by atoms with Gasteiger partial charge in [0.05, 0.1) is 0 Å². The Morgan fingerprint density at radius 1 is 0.517 bits per heavy atom. The first kappa shape index (κ1) is 18.4. The van der Waals surface area contributed by atoms with Crippen molar-refractivity contribution < 1.29 is 13.0 Å². The zero-order valence-electron chi connectivity index (χ0n) is 17.2. The Labute approximate surface area is 173 Å². The zero-order chi connectivity index (χ0) is 20.2. The maximum atomic E-state index is 6.63. The molecule has 0 fully saturated rings. The average Bonchev–Trinajstić information content (AvgIpc) is 2.70. The number of rotatable bonds is 0. The Hall–Kier alpha value is -2.61. The van der Waals surface area contributed by atoms with E-state index in [9.17, 15) is 0 Å². The molecule has 3 nitrogen and oxygen atoms in total. The van der Waals surface area contributed by atoms with Crippen LogP contribution in [0.5, 0.6) is 11.5 Å². The number of benzene rings is 4. The van der Waals surface area contributed by atoms with Crippen LogP contribution >= 0.6 is 0 Å². The van der Waals surface area contributed by atoms with E-state index < -0.39 is 17.1 Å². The molecule has 0 aliphatic carbocycles. The summed E-state index contributed by atoms with van der Waals surface area (Å²) in [6.45, 7) is 8.38. The highest BCUT2D eigenvalue weighted by molar-refractivity contribution is 6.79. The van der Waals surface area contributed by atoms with E-state index in [0.29, 0.717) is 0 Å². The van der Waals surface area contributed by atoms with Crippen molar-refractivity contribution in [1.29, 1.82) is 0 Å². The summed E-state index contributed by atoms with van der Waals surface area (Å²) in [6, 6.07) is 25.4. The summed E-state index contributed by atoms with van der Waals surface area (Å²) >= 11 is 0. The van der Waals surface area contributed by atoms with Gasteiger partial charge in [-0.25, -0.2) is 0 Å². The fourth-order valence-corrected chi connectivity index (χ4v) is 10.8. The van der Waals surface area contributed by atoms with Crippen LogP contribution in [0, 0.1) is 0 Å². The van der Waals surface area contributed by atoms with Gasteiger partial charge in [0.1, 0.15) is 11.5 Å². The lowest BCUT2D eigenvalue weighted by Gasteiger charge is -2.32. The second-order valence-electron chi connectivity index (χ2n) is 8.43. The van der Waals surface area contributed by atoms with Gasteiger partial charge >= 0.3 is 17.1 Å². The summed E-state index contributed by atoms with van der Waals surface area (Å²) in [5.74, 6) is 1.74. The highest BCUT2D eigenvalue weighted by Gasteiger charge is 2.41. The summed E-state index contributed by atoms with van der Waals surface area (Å²) in [5, 5.41) is 4.70. The topological polar surface area (TPSA) is 27.7 Å². The fourth-order valence-electron chi connectivity index (χ4n) is 4.35. The van der Waals surface area contributed by atoms with Gasteiger partial charge in [0.25, 0.3) is 0 Å². The molecule has 1 aliphatic heterocycles. The second-order valence-corrected chi connectivity index (χ2v) is 15.2. The first-order chi connectivity index (χ1) is 13.8. The molecule has 4 aromatic carbocycles. The smallest absolute Gasteiger partial charge is 0.384 e. The maximum Gasteiger partial charge on any atom is 0.384 e. The molecule has 1 aliphatic rings. The molecule has 0 amide bonds. The van der Waals surface area contributed by atoms with Gasteiger partial charge in [-0.1, -0.05) is 60.7 Å². The van der Waals surface area contributed by atoms with Gasteiger partial charge in [-0.3, -0.25) is 0 Å².